The van der Waals surface area contributed by atoms with Crippen LogP contribution in [0.15, 0.2) is 39.1 Å². The van der Waals surface area contributed by atoms with Crippen LogP contribution in [0.2, 0.25) is 0 Å². The number of nitrogens with two attached hydrogens (primary N) is 2. The van der Waals surface area contributed by atoms with Crippen molar-refractivity contribution in [3.63, 3.8) is 0 Å². The van der Waals surface area contributed by atoms with Gasteiger partial charge in [-0.25, -0.2) is 4.63 Å². The van der Waals surface area contributed by atoms with E-state index in [-0.39, 0.29) is 17.3 Å². The summed E-state index contributed by atoms with van der Waals surface area (Å²) in [6.45, 7) is 0. The maximum Gasteiger partial charge on any atom is 0.199 e. The summed E-state index contributed by atoms with van der Waals surface area (Å²) in [6.07, 6.45) is 1.58. The SMILES string of the molecule is CN(C)c1ccc(/C=N\N=C(\N)c2nonc2N)cc1. The minimum atomic E-state index is 0.0462. The molecule has 0 bridgehead atoms. The Hall–Kier alpha value is -2.90. The van der Waals surface area contributed by atoms with Crippen LogP contribution in [0.3, 0.4) is 0 Å². The molecule has 8 heteroatoms. The van der Waals surface area contributed by atoms with Gasteiger partial charge in [-0.1, -0.05) is 12.1 Å². The van der Waals surface area contributed by atoms with Crippen molar-refractivity contribution in [1.82, 2.24) is 10.3 Å². The van der Waals surface area contributed by atoms with Gasteiger partial charge in [0.15, 0.2) is 17.3 Å². The molecule has 0 unspecified atom stereocenters. The fourth-order valence-electron chi connectivity index (χ4n) is 1.44. The Morgan fingerprint density at radius 3 is 2.50 bits per heavy atom. The highest BCUT2D eigenvalue weighted by Crippen LogP contribution is 2.11. The summed E-state index contributed by atoms with van der Waals surface area (Å²) < 4.78 is 4.42. The van der Waals surface area contributed by atoms with Crippen molar-refractivity contribution in [2.24, 2.45) is 15.9 Å². The predicted molar refractivity (Wildman–Crippen MR) is 77.8 cm³/mol. The van der Waals surface area contributed by atoms with Gasteiger partial charge in [0.25, 0.3) is 0 Å². The first-order valence-corrected chi connectivity index (χ1v) is 5.80. The quantitative estimate of drug-likeness (QED) is 0.474. The average molecular weight is 273 g/mol. The Morgan fingerprint density at radius 2 is 1.95 bits per heavy atom. The highest BCUT2D eigenvalue weighted by molar-refractivity contribution is 5.99. The zero-order chi connectivity index (χ0) is 14.5. The molecule has 104 valence electrons. The molecule has 1 heterocycles. The lowest BCUT2D eigenvalue weighted by Gasteiger charge is -2.11. The zero-order valence-corrected chi connectivity index (χ0v) is 11.2. The standard InChI is InChI=1S/C12H15N7O/c1-19(2)9-5-3-8(4-6-9)7-15-16-11(13)10-12(14)18-20-17-10/h3-7H,1-2H3,(H2,13,16)(H2,14,18)/b15-7-. The molecule has 2 aromatic rings. The van der Waals surface area contributed by atoms with Crippen molar-refractivity contribution in [1.29, 1.82) is 0 Å². The summed E-state index contributed by atoms with van der Waals surface area (Å²) >= 11 is 0. The molecule has 0 radical (unpaired) electrons. The lowest BCUT2D eigenvalue weighted by atomic mass is 10.2. The second-order valence-corrected chi connectivity index (χ2v) is 4.21. The van der Waals surface area contributed by atoms with E-state index in [0.717, 1.165) is 11.3 Å². The van der Waals surface area contributed by atoms with E-state index in [0.29, 0.717) is 0 Å². The highest BCUT2D eigenvalue weighted by atomic mass is 16.6. The third-order valence-corrected chi connectivity index (χ3v) is 2.54. The van der Waals surface area contributed by atoms with Crippen molar-refractivity contribution in [3.8, 4) is 0 Å². The van der Waals surface area contributed by atoms with Crippen molar-refractivity contribution in [3.05, 3.63) is 35.5 Å². The van der Waals surface area contributed by atoms with Gasteiger partial charge < -0.3 is 16.4 Å². The number of aromatic nitrogens is 2. The van der Waals surface area contributed by atoms with Gasteiger partial charge in [0.2, 0.25) is 0 Å². The minimum Gasteiger partial charge on any atom is -0.380 e. The van der Waals surface area contributed by atoms with Gasteiger partial charge in [-0.05, 0) is 28.0 Å². The van der Waals surface area contributed by atoms with Crippen LogP contribution in [0.1, 0.15) is 11.3 Å². The molecular weight excluding hydrogens is 258 g/mol. The van der Waals surface area contributed by atoms with Crippen LogP contribution in [-0.4, -0.2) is 36.5 Å². The largest absolute Gasteiger partial charge is 0.380 e. The molecule has 20 heavy (non-hydrogen) atoms. The number of amidine groups is 1. The van der Waals surface area contributed by atoms with Crippen molar-refractivity contribution in [2.75, 3.05) is 24.7 Å². The van der Waals surface area contributed by atoms with Crippen LogP contribution in [0.4, 0.5) is 11.5 Å². The van der Waals surface area contributed by atoms with Gasteiger partial charge >= 0.3 is 0 Å². The van der Waals surface area contributed by atoms with Gasteiger partial charge in [0, 0.05) is 19.8 Å². The van der Waals surface area contributed by atoms with E-state index in [1.54, 1.807) is 6.21 Å². The molecule has 8 nitrogen and oxygen atoms in total. The number of hydrogen-bond donors (Lipinski definition) is 2. The molecule has 4 N–H and O–H groups in total. The van der Waals surface area contributed by atoms with E-state index < -0.39 is 0 Å². The number of rotatable bonds is 4. The second kappa shape index (κ2) is 5.83. The molecule has 0 aliphatic heterocycles. The van der Waals surface area contributed by atoms with Crippen LogP contribution in [0, 0.1) is 0 Å². The van der Waals surface area contributed by atoms with Gasteiger partial charge in [0.1, 0.15) is 0 Å². The van der Waals surface area contributed by atoms with E-state index in [1.165, 1.54) is 0 Å². The Bertz CT molecular complexity index is 628. The fourth-order valence-corrected chi connectivity index (χ4v) is 1.44. The van der Waals surface area contributed by atoms with Crippen molar-refractivity contribution < 1.29 is 4.63 Å². The van der Waals surface area contributed by atoms with E-state index in [1.807, 2.05) is 43.3 Å². The average Bonchev–Trinajstić information content (AvgIpc) is 2.85. The van der Waals surface area contributed by atoms with Gasteiger partial charge in [-0.15, -0.1) is 5.10 Å². The first-order valence-electron chi connectivity index (χ1n) is 5.80. The summed E-state index contributed by atoms with van der Waals surface area (Å²) in [5.74, 6) is 0.127. The molecular formula is C12H15N7O. The number of nitrogen functional groups attached to an aromatic ring is 1. The molecule has 0 aliphatic rings. The van der Waals surface area contributed by atoms with E-state index in [2.05, 4.69) is 25.1 Å². The summed E-state index contributed by atoms with van der Waals surface area (Å²) in [5.41, 5.74) is 13.3. The van der Waals surface area contributed by atoms with Crippen molar-refractivity contribution >= 4 is 23.6 Å². The van der Waals surface area contributed by atoms with Gasteiger partial charge in [0.05, 0.1) is 6.21 Å². The fraction of sp³-hybridized carbons (Fsp3) is 0.167. The Kier molecular flexibility index (Phi) is 3.94. The number of nitrogens with zero attached hydrogens (tertiary/aromatic N) is 5. The molecule has 0 saturated carbocycles. The van der Waals surface area contributed by atoms with Crippen LogP contribution in [0.25, 0.3) is 0 Å². The van der Waals surface area contributed by atoms with E-state index in [4.69, 9.17) is 11.5 Å². The molecule has 0 saturated heterocycles. The monoisotopic (exact) mass is 273 g/mol. The third kappa shape index (κ3) is 3.10. The Balaban J connectivity index is 2.08. The Labute approximate surface area is 115 Å². The summed E-state index contributed by atoms with van der Waals surface area (Å²) in [5, 5.41) is 14.6. The van der Waals surface area contributed by atoms with Crippen molar-refractivity contribution in [2.45, 2.75) is 0 Å². The lowest BCUT2D eigenvalue weighted by molar-refractivity contribution is 0.308. The molecule has 0 atom stereocenters. The van der Waals surface area contributed by atoms with Crippen LogP contribution < -0.4 is 16.4 Å². The molecule has 2 rings (SSSR count). The molecule has 0 aliphatic carbocycles. The molecule has 0 fully saturated rings. The summed E-state index contributed by atoms with van der Waals surface area (Å²) in [7, 11) is 3.95. The number of anilines is 2. The van der Waals surface area contributed by atoms with Crippen LogP contribution in [-0.2, 0) is 0 Å². The predicted octanol–water partition coefficient (Wildman–Crippen LogP) is 0.457. The first-order chi connectivity index (χ1) is 9.58. The highest BCUT2D eigenvalue weighted by Gasteiger charge is 2.09. The minimum absolute atomic E-state index is 0.0462. The van der Waals surface area contributed by atoms with Crippen LogP contribution in [0.5, 0.6) is 0 Å². The van der Waals surface area contributed by atoms with Gasteiger partial charge in [-0.2, -0.15) is 5.10 Å². The molecule has 1 aromatic carbocycles. The first kappa shape index (κ1) is 13.5. The number of hydrogen-bond acceptors (Lipinski definition) is 7. The normalized spacial score (nSPS) is 12.0. The topological polar surface area (TPSA) is 119 Å². The van der Waals surface area contributed by atoms with Crippen LogP contribution >= 0.6 is 0 Å². The number of benzene rings is 1. The maximum absolute atomic E-state index is 5.66. The molecule has 0 spiro atoms. The summed E-state index contributed by atoms with van der Waals surface area (Å²) in [6, 6.07) is 7.81. The summed E-state index contributed by atoms with van der Waals surface area (Å²) in [4.78, 5) is 2.01. The van der Waals surface area contributed by atoms with E-state index in [9.17, 15) is 0 Å². The maximum atomic E-state index is 5.66. The smallest absolute Gasteiger partial charge is 0.199 e. The molecule has 1 aromatic heterocycles. The Morgan fingerprint density at radius 1 is 1.25 bits per heavy atom. The second-order valence-electron chi connectivity index (χ2n) is 4.21. The zero-order valence-electron chi connectivity index (χ0n) is 11.2. The third-order valence-electron chi connectivity index (χ3n) is 2.54. The van der Waals surface area contributed by atoms with Gasteiger partial charge in [-0.3, -0.25) is 0 Å². The molecule has 0 amide bonds. The lowest BCUT2D eigenvalue weighted by Crippen LogP contribution is -2.15. The van der Waals surface area contributed by atoms with E-state index >= 15 is 0 Å².